The van der Waals surface area contributed by atoms with Crippen molar-refractivity contribution in [1.82, 2.24) is 10.2 Å². The summed E-state index contributed by atoms with van der Waals surface area (Å²) in [5.41, 5.74) is 5.09. The van der Waals surface area contributed by atoms with E-state index in [1.807, 2.05) is 6.92 Å². The second-order valence-corrected chi connectivity index (χ2v) is 7.31. The Hall–Kier alpha value is -0.610. The van der Waals surface area contributed by atoms with Crippen LogP contribution in [0.4, 0.5) is 0 Å². The summed E-state index contributed by atoms with van der Waals surface area (Å²) in [5.74, 6) is 0.674. The van der Waals surface area contributed by atoms with Gasteiger partial charge in [0.25, 0.3) is 0 Å². The molecule has 0 radical (unpaired) electrons. The van der Waals surface area contributed by atoms with Gasteiger partial charge in [-0.25, -0.2) is 0 Å². The lowest BCUT2D eigenvalue weighted by Crippen LogP contribution is -2.58. The Kier molecular flexibility index (Phi) is 5.67. The van der Waals surface area contributed by atoms with Crippen LogP contribution in [0.25, 0.3) is 0 Å². The Morgan fingerprint density at radius 2 is 2.10 bits per heavy atom. The van der Waals surface area contributed by atoms with Gasteiger partial charge in [0.05, 0.1) is 5.54 Å². The van der Waals surface area contributed by atoms with E-state index >= 15 is 0 Å². The van der Waals surface area contributed by atoms with Crippen molar-refractivity contribution in [2.45, 2.75) is 83.3 Å². The monoisotopic (exact) mass is 295 g/mol. The molecule has 1 heterocycles. The molecular weight excluding hydrogens is 262 g/mol. The lowest BCUT2D eigenvalue weighted by atomic mass is 9.87. The van der Waals surface area contributed by atoms with E-state index in [2.05, 4.69) is 24.1 Å². The molecule has 2 rings (SSSR count). The Morgan fingerprint density at radius 3 is 2.76 bits per heavy atom. The number of rotatable bonds is 7. The number of carbonyl (C=O) groups excluding carboxylic acids is 1. The molecule has 1 amide bonds. The molecular formula is C17H33N3O. The maximum Gasteiger partial charge on any atom is 0.237 e. The molecule has 3 N–H and O–H groups in total. The van der Waals surface area contributed by atoms with Crippen LogP contribution in [0.5, 0.6) is 0 Å². The Labute approximate surface area is 129 Å². The van der Waals surface area contributed by atoms with Crippen LogP contribution in [-0.4, -0.2) is 41.5 Å². The highest BCUT2D eigenvalue weighted by Gasteiger charge is 2.40. The highest BCUT2D eigenvalue weighted by molar-refractivity contribution is 5.84. The fourth-order valence-electron chi connectivity index (χ4n) is 4.41. The van der Waals surface area contributed by atoms with Crippen molar-refractivity contribution in [3.05, 3.63) is 0 Å². The van der Waals surface area contributed by atoms with Crippen LogP contribution in [0, 0.1) is 5.92 Å². The van der Waals surface area contributed by atoms with Crippen molar-refractivity contribution < 1.29 is 4.79 Å². The molecule has 0 bridgehead atoms. The molecule has 4 unspecified atom stereocenters. The van der Waals surface area contributed by atoms with Crippen LogP contribution in [0.1, 0.15) is 65.7 Å². The molecule has 1 aliphatic carbocycles. The number of piperidine rings is 1. The second kappa shape index (κ2) is 7.10. The van der Waals surface area contributed by atoms with E-state index < -0.39 is 5.54 Å². The van der Waals surface area contributed by atoms with Crippen LogP contribution < -0.4 is 11.1 Å². The number of amides is 1. The first-order chi connectivity index (χ1) is 9.98. The molecule has 122 valence electrons. The van der Waals surface area contributed by atoms with Gasteiger partial charge in [-0.05, 0) is 71.4 Å². The molecule has 1 aliphatic heterocycles. The summed E-state index contributed by atoms with van der Waals surface area (Å²) in [6.07, 6.45) is 8.65. The molecule has 21 heavy (non-hydrogen) atoms. The van der Waals surface area contributed by atoms with E-state index in [0.717, 1.165) is 31.3 Å². The number of nitrogens with one attached hydrogen (secondary N) is 1. The molecule has 1 saturated heterocycles. The van der Waals surface area contributed by atoms with Gasteiger partial charge in [0, 0.05) is 12.1 Å². The summed E-state index contributed by atoms with van der Waals surface area (Å²) in [7, 11) is 0. The number of hydrogen-bond donors (Lipinski definition) is 2. The Bertz CT molecular complexity index is 360. The quantitative estimate of drug-likeness (QED) is 0.757. The summed E-state index contributed by atoms with van der Waals surface area (Å²) < 4.78 is 0. The van der Waals surface area contributed by atoms with E-state index in [9.17, 15) is 4.79 Å². The first kappa shape index (κ1) is 16.8. The normalized spacial score (nSPS) is 30.6. The molecule has 1 saturated carbocycles. The number of nitrogens with zero attached hydrogens (tertiary/aromatic N) is 1. The molecule has 0 aromatic rings. The molecule has 4 heteroatoms. The Balaban J connectivity index is 2.00. The van der Waals surface area contributed by atoms with Crippen molar-refractivity contribution in [3.8, 4) is 0 Å². The number of fused-ring (bicyclic) bond motifs is 1. The summed E-state index contributed by atoms with van der Waals surface area (Å²) in [6, 6.07) is 1.16. The average molecular weight is 295 g/mol. The van der Waals surface area contributed by atoms with Crippen LogP contribution >= 0.6 is 0 Å². The van der Waals surface area contributed by atoms with Gasteiger partial charge >= 0.3 is 0 Å². The highest BCUT2D eigenvalue weighted by atomic mass is 16.1. The van der Waals surface area contributed by atoms with Gasteiger partial charge in [-0.3, -0.25) is 9.69 Å². The van der Waals surface area contributed by atoms with Gasteiger partial charge in [-0.15, -0.1) is 0 Å². The molecule has 2 aliphatic rings. The maximum atomic E-state index is 11.9. The van der Waals surface area contributed by atoms with Gasteiger partial charge in [0.15, 0.2) is 0 Å². The van der Waals surface area contributed by atoms with E-state index in [1.54, 1.807) is 0 Å². The predicted molar refractivity (Wildman–Crippen MR) is 87.0 cm³/mol. The standard InChI is InChI=1S/C17H33N3O/c1-4-10-19-17(3,16(18)21)12-13(2)20-11-6-8-14-7-5-9-15(14)20/h13-15,19H,4-12H2,1-3H3,(H2,18,21). The van der Waals surface area contributed by atoms with Gasteiger partial charge in [-0.2, -0.15) is 0 Å². The molecule has 4 nitrogen and oxygen atoms in total. The summed E-state index contributed by atoms with van der Waals surface area (Å²) >= 11 is 0. The zero-order chi connectivity index (χ0) is 15.5. The smallest absolute Gasteiger partial charge is 0.237 e. The molecule has 0 aromatic heterocycles. The SMILES string of the molecule is CCCNC(C)(CC(C)N1CCCC2CCCC21)C(N)=O. The predicted octanol–water partition coefficient (Wildman–Crippen LogP) is 2.27. The van der Waals surface area contributed by atoms with E-state index in [4.69, 9.17) is 5.73 Å². The second-order valence-electron chi connectivity index (χ2n) is 7.31. The summed E-state index contributed by atoms with van der Waals surface area (Å²) in [4.78, 5) is 14.6. The van der Waals surface area contributed by atoms with Crippen LogP contribution in [0.2, 0.25) is 0 Å². The van der Waals surface area contributed by atoms with E-state index in [0.29, 0.717) is 6.04 Å². The zero-order valence-corrected chi connectivity index (χ0v) is 14.0. The van der Waals surface area contributed by atoms with E-state index in [-0.39, 0.29) is 5.91 Å². The van der Waals surface area contributed by atoms with Crippen LogP contribution in [0.3, 0.4) is 0 Å². The molecule has 4 atom stereocenters. The summed E-state index contributed by atoms with van der Waals surface area (Å²) in [6.45, 7) is 8.39. The lowest BCUT2D eigenvalue weighted by molar-refractivity contribution is -0.124. The minimum atomic E-state index is -0.582. The first-order valence-electron chi connectivity index (χ1n) is 8.78. The van der Waals surface area contributed by atoms with Gasteiger partial charge in [0.2, 0.25) is 5.91 Å². The largest absolute Gasteiger partial charge is 0.368 e. The fourth-order valence-corrected chi connectivity index (χ4v) is 4.41. The van der Waals surface area contributed by atoms with Crippen molar-refractivity contribution in [3.63, 3.8) is 0 Å². The third kappa shape index (κ3) is 3.78. The zero-order valence-electron chi connectivity index (χ0n) is 14.0. The van der Waals surface area contributed by atoms with Crippen molar-refractivity contribution in [2.75, 3.05) is 13.1 Å². The minimum absolute atomic E-state index is 0.220. The number of hydrogen-bond acceptors (Lipinski definition) is 3. The third-order valence-corrected chi connectivity index (χ3v) is 5.61. The third-order valence-electron chi connectivity index (χ3n) is 5.61. The minimum Gasteiger partial charge on any atom is -0.368 e. The highest BCUT2D eigenvalue weighted by Crippen LogP contribution is 2.38. The molecule has 0 spiro atoms. The molecule has 2 fully saturated rings. The number of carbonyl (C=O) groups is 1. The molecule has 0 aromatic carbocycles. The fraction of sp³-hybridized carbons (Fsp3) is 0.941. The number of nitrogens with two attached hydrogens (primary N) is 1. The lowest BCUT2D eigenvalue weighted by Gasteiger charge is -2.44. The maximum absolute atomic E-state index is 11.9. The first-order valence-corrected chi connectivity index (χ1v) is 8.78. The number of primary amides is 1. The van der Waals surface area contributed by atoms with Crippen molar-refractivity contribution in [2.24, 2.45) is 11.7 Å². The topological polar surface area (TPSA) is 58.4 Å². The van der Waals surface area contributed by atoms with Crippen LogP contribution in [-0.2, 0) is 4.79 Å². The van der Waals surface area contributed by atoms with Gasteiger partial charge in [-0.1, -0.05) is 13.3 Å². The van der Waals surface area contributed by atoms with Gasteiger partial charge in [0.1, 0.15) is 0 Å². The average Bonchev–Trinajstić information content (AvgIpc) is 2.93. The number of likely N-dealkylation sites (tertiary alicyclic amines) is 1. The van der Waals surface area contributed by atoms with Crippen molar-refractivity contribution >= 4 is 5.91 Å². The van der Waals surface area contributed by atoms with Crippen molar-refractivity contribution in [1.29, 1.82) is 0 Å². The van der Waals surface area contributed by atoms with Crippen LogP contribution in [0.15, 0.2) is 0 Å². The van der Waals surface area contributed by atoms with Gasteiger partial charge < -0.3 is 11.1 Å². The van der Waals surface area contributed by atoms with E-state index in [1.165, 1.54) is 38.6 Å². The Morgan fingerprint density at radius 1 is 1.38 bits per heavy atom. The summed E-state index contributed by atoms with van der Waals surface area (Å²) in [5, 5.41) is 3.37.